The lowest BCUT2D eigenvalue weighted by Crippen LogP contribution is -2.50. The van der Waals surface area contributed by atoms with Crippen molar-refractivity contribution in [2.45, 2.75) is 25.5 Å². The molecular weight excluding hydrogens is 391 g/mol. The summed E-state index contributed by atoms with van der Waals surface area (Å²) in [5, 5.41) is 0.772. The van der Waals surface area contributed by atoms with E-state index in [0.717, 1.165) is 35.9 Å². The van der Waals surface area contributed by atoms with E-state index in [1.54, 1.807) is 0 Å². The average Bonchev–Trinajstić information content (AvgIpc) is 2.72. The number of halogens is 2. The topological polar surface area (TPSA) is 25.4 Å². The van der Waals surface area contributed by atoms with Gasteiger partial charge >= 0.3 is 0 Å². The second-order valence-corrected chi connectivity index (χ2v) is 7.48. The van der Waals surface area contributed by atoms with Gasteiger partial charge in [-0.05, 0) is 55.3 Å². The van der Waals surface area contributed by atoms with E-state index in [9.17, 15) is 0 Å². The molecule has 0 saturated carbocycles. The van der Waals surface area contributed by atoms with Crippen LogP contribution in [0.3, 0.4) is 0 Å². The summed E-state index contributed by atoms with van der Waals surface area (Å²) < 4.78 is 5.95. The van der Waals surface area contributed by atoms with Crippen molar-refractivity contribution < 1.29 is 4.74 Å². The van der Waals surface area contributed by atoms with E-state index < -0.39 is 0 Å². The quantitative estimate of drug-likeness (QED) is 0.550. The highest BCUT2D eigenvalue weighted by Crippen LogP contribution is 2.27. The average molecular weight is 415 g/mol. The molecule has 0 radical (unpaired) electrons. The molecule has 0 N–H and O–H groups in total. The Balaban J connectivity index is 0.00000225. The normalized spacial score (nSPS) is 19.1. The Bertz CT molecular complexity index is 869. The van der Waals surface area contributed by atoms with Crippen LogP contribution in [0.1, 0.15) is 12.5 Å². The van der Waals surface area contributed by atoms with Gasteiger partial charge in [0.15, 0.2) is 0 Å². The van der Waals surface area contributed by atoms with Crippen LogP contribution in [0.4, 0.5) is 5.69 Å². The highest BCUT2D eigenvalue weighted by atomic mass is 35.5. The van der Waals surface area contributed by atoms with E-state index in [1.165, 1.54) is 11.3 Å². The molecule has 3 nitrogen and oxygen atoms in total. The molecule has 0 spiro atoms. The van der Waals surface area contributed by atoms with Gasteiger partial charge in [0.25, 0.3) is 0 Å². The molecule has 28 heavy (non-hydrogen) atoms. The van der Waals surface area contributed by atoms with Crippen molar-refractivity contribution >= 4 is 29.7 Å². The van der Waals surface area contributed by atoms with Crippen LogP contribution < -0.4 is 4.90 Å². The summed E-state index contributed by atoms with van der Waals surface area (Å²) in [6.45, 7) is 3.75. The van der Waals surface area contributed by atoms with Gasteiger partial charge in [0.1, 0.15) is 0 Å². The molecular formula is C23H24Cl2N2O. The number of hydrogen-bond acceptors (Lipinski definition) is 3. The highest BCUT2D eigenvalue weighted by Gasteiger charge is 2.27. The van der Waals surface area contributed by atoms with E-state index in [1.807, 2.05) is 36.5 Å². The first kappa shape index (κ1) is 20.7. The summed E-state index contributed by atoms with van der Waals surface area (Å²) >= 11 is 6.02. The third kappa shape index (κ3) is 4.85. The fraction of sp³-hybridized carbons (Fsp3) is 0.261. The van der Waals surface area contributed by atoms with Crippen LogP contribution in [-0.2, 0) is 11.2 Å². The van der Waals surface area contributed by atoms with Gasteiger partial charge in [0, 0.05) is 29.0 Å². The molecule has 1 aliphatic heterocycles. The van der Waals surface area contributed by atoms with Crippen molar-refractivity contribution in [3.63, 3.8) is 0 Å². The van der Waals surface area contributed by atoms with Crippen LogP contribution in [-0.4, -0.2) is 30.3 Å². The summed E-state index contributed by atoms with van der Waals surface area (Å²) in [7, 11) is 0. The van der Waals surface area contributed by atoms with Gasteiger partial charge in [0.2, 0.25) is 0 Å². The zero-order valence-corrected chi connectivity index (χ0v) is 17.4. The zero-order chi connectivity index (χ0) is 18.6. The summed E-state index contributed by atoms with van der Waals surface area (Å²) in [6.07, 6.45) is 2.99. The molecule has 3 aromatic rings. The lowest BCUT2D eigenvalue weighted by Gasteiger charge is -2.40. The van der Waals surface area contributed by atoms with Gasteiger partial charge in [-0.25, -0.2) is 0 Å². The van der Waals surface area contributed by atoms with E-state index in [-0.39, 0.29) is 18.5 Å². The lowest BCUT2D eigenvalue weighted by molar-refractivity contribution is 0.0307. The number of hydrogen-bond donors (Lipinski definition) is 0. The standard InChI is InChI=1S/C23H23ClN2O.ClH/c1-17-15-26(22(16-27-17)14-18-5-9-20(24)10-6-18)21-11-7-19(8-12-21)23-4-2-3-13-25-23;/h2-13,17,22H,14-16H2,1H3;1H/t17-,22-;/m0./s1. The van der Waals surface area contributed by atoms with Crippen molar-refractivity contribution in [1.82, 2.24) is 4.98 Å². The monoisotopic (exact) mass is 414 g/mol. The molecule has 0 amide bonds. The van der Waals surface area contributed by atoms with Crippen LogP contribution >= 0.6 is 24.0 Å². The molecule has 2 atom stereocenters. The highest BCUT2D eigenvalue weighted by molar-refractivity contribution is 6.30. The maximum absolute atomic E-state index is 6.02. The van der Waals surface area contributed by atoms with Gasteiger partial charge in [-0.2, -0.15) is 0 Å². The Morgan fingerprint density at radius 1 is 1.04 bits per heavy atom. The van der Waals surface area contributed by atoms with Gasteiger partial charge in [-0.1, -0.05) is 41.9 Å². The molecule has 0 unspecified atom stereocenters. The minimum absolute atomic E-state index is 0. The van der Waals surface area contributed by atoms with Crippen LogP contribution in [0.25, 0.3) is 11.3 Å². The zero-order valence-electron chi connectivity index (χ0n) is 15.8. The molecule has 1 fully saturated rings. The largest absolute Gasteiger partial charge is 0.375 e. The van der Waals surface area contributed by atoms with Gasteiger partial charge in [-0.15, -0.1) is 12.4 Å². The van der Waals surface area contributed by atoms with Crippen LogP contribution in [0.15, 0.2) is 72.9 Å². The minimum atomic E-state index is 0. The first-order valence-corrected chi connectivity index (χ1v) is 9.71. The number of anilines is 1. The molecule has 1 aromatic heterocycles. The summed E-state index contributed by atoms with van der Waals surface area (Å²) in [4.78, 5) is 6.90. The number of rotatable bonds is 4. The Morgan fingerprint density at radius 2 is 1.79 bits per heavy atom. The summed E-state index contributed by atoms with van der Waals surface area (Å²) in [6, 6.07) is 23.1. The van der Waals surface area contributed by atoms with Crippen LogP contribution in [0.2, 0.25) is 5.02 Å². The molecule has 1 aliphatic rings. The van der Waals surface area contributed by atoms with Crippen molar-refractivity contribution in [1.29, 1.82) is 0 Å². The van der Waals surface area contributed by atoms with Gasteiger partial charge < -0.3 is 9.64 Å². The maximum atomic E-state index is 6.02. The molecule has 4 rings (SSSR count). The summed E-state index contributed by atoms with van der Waals surface area (Å²) in [5.41, 5.74) is 4.63. The molecule has 0 bridgehead atoms. The third-order valence-electron chi connectivity index (χ3n) is 5.01. The lowest BCUT2D eigenvalue weighted by atomic mass is 10.0. The van der Waals surface area contributed by atoms with Crippen LogP contribution in [0.5, 0.6) is 0 Å². The fourth-order valence-corrected chi connectivity index (χ4v) is 3.71. The van der Waals surface area contributed by atoms with E-state index in [4.69, 9.17) is 16.3 Å². The predicted molar refractivity (Wildman–Crippen MR) is 119 cm³/mol. The predicted octanol–water partition coefficient (Wildman–Crippen LogP) is 5.66. The Morgan fingerprint density at radius 3 is 2.46 bits per heavy atom. The number of morpholine rings is 1. The first-order chi connectivity index (χ1) is 13.2. The second kappa shape index (κ2) is 9.42. The maximum Gasteiger partial charge on any atom is 0.0723 e. The van der Waals surface area contributed by atoms with Gasteiger partial charge in [0.05, 0.1) is 24.4 Å². The Labute approximate surface area is 177 Å². The Hall–Kier alpha value is -2.07. The number of benzene rings is 2. The van der Waals surface area contributed by atoms with E-state index >= 15 is 0 Å². The van der Waals surface area contributed by atoms with Crippen molar-refractivity contribution in [2.24, 2.45) is 0 Å². The second-order valence-electron chi connectivity index (χ2n) is 7.04. The SMILES string of the molecule is C[C@H]1CN(c2ccc(-c3ccccn3)cc2)[C@@H](Cc2ccc(Cl)cc2)CO1.Cl. The van der Waals surface area contributed by atoms with Crippen molar-refractivity contribution in [3.05, 3.63) is 83.5 Å². The number of nitrogens with zero attached hydrogens (tertiary/aromatic N) is 2. The smallest absolute Gasteiger partial charge is 0.0723 e. The van der Waals surface area contributed by atoms with E-state index in [0.29, 0.717) is 6.04 Å². The van der Waals surface area contributed by atoms with Gasteiger partial charge in [-0.3, -0.25) is 4.98 Å². The summed E-state index contributed by atoms with van der Waals surface area (Å²) in [5.74, 6) is 0. The van der Waals surface area contributed by atoms with Crippen molar-refractivity contribution in [3.8, 4) is 11.3 Å². The molecule has 146 valence electrons. The molecule has 1 saturated heterocycles. The number of aromatic nitrogens is 1. The number of ether oxygens (including phenoxy) is 1. The molecule has 2 heterocycles. The van der Waals surface area contributed by atoms with Crippen molar-refractivity contribution in [2.75, 3.05) is 18.1 Å². The number of pyridine rings is 1. The molecule has 5 heteroatoms. The van der Waals surface area contributed by atoms with E-state index in [2.05, 4.69) is 53.2 Å². The fourth-order valence-electron chi connectivity index (χ4n) is 3.58. The molecule has 2 aromatic carbocycles. The first-order valence-electron chi connectivity index (χ1n) is 9.33. The minimum Gasteiger partial charge on any atom is -0.375 e. The third-order valence-corrected chi connectivity index (χ3v) is 5.26. The van der Waals surface area contributed by atoms with Crippen LogP contribution in [0, 0.1) is 0 Å². The Kier molecular flexibility index (Phi) is 6.95. The molecule has 0 aliphatic carbocycles.